The molecule has 0 aromatic heterocycles. The molecule has 0 radical (unpaired) electrons. The van der Waals surface area contributed by atoms with Crippen LogP contribution in [0.4, 0.5) is 0 Å². The van der Waals surface area contributed by atoms with Gasteiger partial charge in [-0.25, -0.2) is 0 Å². The van der Waals surface area contributed by atoms with E-state index in [0.29, 0.717) is 0 Å². The minimum Gasteiger partial charge on any atom is -0.370 e. The molecular formula is C8H20N4O. The third-order valence-corrected chi connectivity index (χ3v) is 1.44. The summed E-state index contributed by atoms with van der Waals surface area (Å²) in [6.07, 6.45) is 0. The largest absolute Gasteiger partial charge is 0.370 e. The van der Waals surface area contributed by atoms with Gasteiger partial charge < -0.3 is 21.7 Å². The Morgan fingerprint density at radius 3 is 1.23 bits per heavy atom. The van der Waals surface area contributed by atoms with Gasteiger partial charge in [0.05, 0.1) is 0 Å². The summed E-state index contributed by atoms with van der Waals surface area (Å²) in [7, 11) is 0. The monoisotopic (exact) mass is 188 g/mol. The summed E-state index contributed by atoms with van der Waals surface area (Å²) in [6, 6.07) is 0. The number of hydrogen-bond acceptors (Lipinski definition) is 4. The zero-order chi connectivity index (χ0) is 9.94. The average Bonchev–Trinajstić information content (AvgIpc) is 2.16. The fourth-order valence-corrected chi connectivity index (χ4v) is 0.905. The summed E-state index contributed by atoms with van der Waals surface area (Å²) in [4.78, 5) is 9.22. The Labute approximate surface area is 79.4 Å². The van der Waals surface area contributed by atoms with Crippen molar-refractivity contribution in [3.8, 4) is 0 Å². The molecule has 5 N–H and O–H groups in total. The van der Waals surface area contributed by atoms with E-state index in [1.165, 1.54) is 6.92 Å². The van der Waals surface area contributed by atoms with E-state index in [0.717, 1.165) is 39.3 Å². The Bertz CT molecular complexity index is 96.8. The van der Waals surface area contributed by atoms with Crippen molar-refractivity contribution >= 4 is 5.91 Å². The highest BCUT2D eigenvalue weighted by Crippen LogP contribution is 1.65. The highest BCUT2D eigenvalue weighted by Gasteiger charge is 1.91. The number of hydrogen-bond donors (Lipinski definition) is 4. The van der Waals surface area contributed by atoms with Crippen LogP contribution < -0.4 is 21.7 Å². The summed E-state index contributed by atoms with van der Waals surface area (Å²) in [5.41, 5.74) is 4.47. The van der Waals surface area contributed by atoms with Gasteiger partial charge in [-0.3, -0.25) is 4.79 Å². The van der Waals surface area contributed by atoms with Crippen LogP contribution in [0.5, 0.6) is 0 Å². The van der Waals surface area contributed by atoms with Gasteiger partial charge in [0.25, 0.3) is 0 Å². The Balaban J connectivity index is 0.000000310. The van der Waals surface area contributed by atoms with Gasteiger partial charge in [-0.1, -0.05) is 0 Å². The topological polar surface area (TPSA) is 79.2 Å². The van der Waals surface area contributed by atoms with Crippen molar-refractivity contribution < 1.29 is 4.79 Å². The molecule has 0 aliphatic carbocycles. The fraction of sp³-hybridized carbons (Fsp3) is 0.875. The Hall–Kier alpha value is -0.650. The van der Waals surface area contributed by atoms with E-state index < -0.39 is 0 Å². The summed E-state index contributed by atoms with van der Waals surface area (Å²) < 4.78 is 0. The molecule has 13 heavy (non-hydrogen) atoms. The number of primary amides is 1. The van der Waals surface area contributed by atoms with Crippen molar-refractivity contribution in [1.82, 2.24) is 16.0 Å². The van der Waals surface area contributed by atoms with Gasteiger partial charge in [0, 0.05) is 46.2 Å². The molecule has 5 nitrogen and oxygen atoms in total. The fourth-order valence-electron chi connectivity index (χ4n) is 0.905. The molecule has 0 unspecified atom stereocenters. The maximum absolute atomic E-state index is 9.22. The first kappa shape index (κ1) is 12.3. The lowest BCUT2D eigenvalue weighted by Gasteiger charge is -1.99. The van der Waals surface area contributed by atoms with Crippen LogP contribution in [0.25, 0.3) is 0 Å². The molecule has 5 heteroatoms. The summed E-state index contributed by atoms with van der Waals surface area (Å²) in [6.45, 7) is 7.90. The molecule has 0 aromatic rings. The molecule has 1 saturated heterocycles. The van der Waals surface area contributed by atoms with Crippen molar-refractivity contribution in [3.63, 3.8) is 0 Å². The number of carbonyl (C=O) groups excluding carboxylic acids is 1. The first-order valence-electron chi connectivity index (χ1n) is 4.61. The average molecular weight is 188 g/mol. The lowest BCUT2D eigenvalue weighted by Crippen LogP contribution is -2.27. The molecule has 1 aliphatic heterocycles. The van der Waals surface area contributed by atoms with E-state index in [4.69, 9.17) is 0 Å². The van der Waals surface area contributed by atoms with E-state index in [2.05, 4.69) is 21.7 Å². The Morgan fingerprint density at radius 1 is 0.923 bits per heavy atom. The van der Waals surface area contributed by atoms with Crippen LogP contribution in [0.3, 0.4) is 0 Å². The molecule has 1 fully saturated rings. The lowest BCUT2D eigenvalue weighted by atomic mass is 10.6. The zero-order valence-corrected chi connectivity index (χ0v) is 8.23. The molecule has 1 amide bonds. The molecule has 1 rings (SSSR count). The molecule has 78 valence electrons. The summed E-state index contributed by atoms with van der Waals surface area (Å²) in [5, 5.41) is 9.91. The zero-order valence-electron chi connectivity index (χ0n) is 8.23. The van der Waals surface area contributed by atoms with Crippen LogP contribution in [0, 0.1) is 0 Å². The molecular weight excluding hydrogens is 168 g/mol. The number of rotatable bonds is 0. The normalized spacial score (nSPS) is 18.5. The Morgan fingerprint density at radius 2 is 1.08 bits per heavy atom. The predicted molar refractivity (Wildman–Crippen MR) is 53.5 cm³/mol. The SMILES string of the molecule is C1CNCCNCCN1.CC(N)=O. The molecule has 0 aromatic carbocycles. The predicted octanol–water partition coefficient (Wildman–Crippen LogP) is -1.74. The smallest absolute Gasteiger partial charge is 0.214 e. The van der Waals surface area contributed by atoms with Crippen molar-refractivity contribution in [2.75, 3.05) is 39.3 Å². The third kappa shape index (κ3) is 14.2. The van der Waals surface area contributed by atoms with Gasteiger partial charge in [0.15, 0.2) is 0 Å². The van der Waals surface area contributed by atoms with Crippen molar-refractivity contribution in [2.45, 2.75) is 6.92 Å². The van der Waals surface area contributed by atoms with Gasteiger partial charge >= 0.3 is 0 Å². The molecule has 0 saturated carbocycles. The Kier molecular flexibility index (Phi) is 8.97. The van der Waals surface area contributed by atoms with Crippen molar-refractivity contribution in [2.24, 2.45) is 5.73 Å². The minimum atomic E-state index is -0.333. The first-order chi connectivity index (χ1) is 6.23. The lowest BCUT2D eigenvalue weighted by molar-refractivity contribution is -0.115. The number of amides is 1. The van der Waals surface area contributed by atoms with Gasteiger partial charge in [-0.15, -0.1) is 0 Å². The van der Waals surface area contributed by atoms with Gasteiger partial charge in [0.1, 0.15) is 0 Å². The van der Waals surface area contributed by atoms with E-state index in [-0.39, 0.29) is 5.91 Å². The van der Waals surface area contributed by atoms with E-state index in [9.17, 15) is 4.79 Å². The standard InChI is InChI=1S/C6H15N3.C2H5NO/c1-2-8-5-6-9-4-3-7-1;1-2(3)4/h7-9H,1-6H2;1H3,(H2,3,4). The van der Waals surface area contributed by atoms with Gasteiger partial charge in [0.2, 0.25) is 5.91 Å². The second kappa shape index (κ2) is 9.44. The number of nitrogens with one attached hydrogen (secondary N) is 3. The van der Waals surface area contributed by atoms with Crippen molar-refractivity contribution in [1.29, 1.82) is 0 Å². The highest BCUT2D eigenvalue weighted by atomic mass is 16.1. The quantitative estimate of drug-likeness (QED) is 0.364. The van der Waals surface area contributed by atoms with Crippen LogP contribution in [-0.4, -0.2) is 45.2 Å². The minimum absolute atomic E-state index is 0.333. The molecule has 0 bridgehead atoms. The van der Waals surface area contributed by atoms with Crippen LogP contribution in [-0.2, 0) is 4.79 Å². The van der Waals surface area contributed by atoms with E-state index in [1.807, 2.05) is 0 Å². The maximum Gasteiger partial charge on any atom is 0.214 e. The molecule has 0 atom stereocenters. The second-order valence-corrected chi connectivity index (χ2v) is 2.86. The molecule has 0 spiro atoms. The van der Waals surface area contributed by atoms with Gasteiger partial charge in [-0.05, 0) is 0 Å². The summed E-state index contributed by atoms with van der Waals surface area (Å²) >= 11 is 0. The first-order valence-corrected chi connectivity index (χ1v) is 4.61. The third-order valence-electron chi connectivity index (χ3n) is 1.44. The van der Waals surface area contributed by atoms with Crippen molar-refractivity contribution in [3.05, 3.63) is 0 Å². The second-order valence-electron chi connectivity index (χ2n) is 2.86. The maximum atomic E-state index is 9.22. The van der Waals surface area contributed by atoms with E-state index in [1.54, 1.807) is 0 Å². The number of carbonyl (C=O) groups is 1. The molecule has 1 heterocycles. The highest BCUT2D eigenvalue weighted by molar-refractivity contribution is 5.70. The molecule has 1 aliphatic rings. The van der Waals surface area contributed by atoms with Crippen LogP contribution in [0.1, 0.15) is 6.92 Å². The van der Waals surface area contributed by atoms with Crippen LogP contribution in [0.2, 0.25) is 0 Å². The summed E-state index contributed by atoms with van der Waals surface area (Å²) in [5.74, 6) is -0.333. The number of nitrogens with two attached hydrogens (primary N) is 1. The van der Waals surface area contributed by atoms with Crippen LogP contribution >= 0.6 is 0 Å². The van der Waals surface area contributed by atoms with E-state index >= 15 is 0 Å². The van der Waals surface area contributed by atoms with Gasteiger partial charge in [-0.2, -0.15) is 0 Å². The van der Waals surface area contributed by atoms with Crippen LogP contribution in [0.15, 0.2) is 0 Å².